The summed E-state index contributed by atoms with van der Waals surface area (Å²) < 4.78 is 53.9. The molecule has 1 aromatic carbocycles. The lowest BCUT2D eigenvalue weighted by molar-refractivity contribution is -0.274. The SMILES string of the molecule is CC1CN(c2nc3c(OC(F)(F)F)c(Cl)cc(Br)c3o2)CCN1C(=O)OC(C)(C)C. The predicted octanol–water partition coefficient (Wildman–Crippen LogP) is 5.59. The molecule has 3 rings (SSSR count). The van der Waals surface area contributed by atoms with Crippen molar-refractivity contribution in [2.45, 2.75) is 45.7 Å². The molecule has 1 aliphatic rings. The Kier molecular flexibility index (Phi) is 6.07. The number of hydrogen-bond donors (Lipinski definition) is 0. The number of ether oxygens (including phenoxy) is 2. The van der Waals surface area contributed by atoms with Crippen LogP contribution in [0.2, 0.25) is 5.02 Å². The first-order valence-corrected chi connectivity index (χ1v) is 10.2. The van der Waals surface area contributed by atoms with Gasteiger partial charge in [0.1, 0.15) is 5.60 Å². The molecule has 1 fully saturated rings. The Bertz CT molecular complexity index is 961. The smallest absolute Gasteiger partial charge is 0.444 e. The fraction of sp³-hybridized carbons (Fsp3) is 0.556. The third kappa shape index (κ3) is 5.05. The fourth-order valence-corrected chi connectivity index (χ4v) is 3.92. The monoisotopic (exact) mass is 513 g/mol. The number of aromatic nitrogens is 1. The molecule has 1 aromatic heterocycles. The molecule has 166 valence electrons. The standard InChI is InChI=1S/C18H20BrClF3N3O4/c1-9-8-25(5-6-26(9)16(27)30-17(2,3)4)15-24-12-13(28-15)10(19)7-11(20)14(12)29-18(21,22)23/h7,9H,5-6,8H2,1-4H3. The summed E-state index contributed by atoms with van der Waals surface area (Å²) >= 11 is 9.16. The number of carbonyl (C=O) groups excluding carboxylic acids is 1. The highest BCUT2D eigenvalue weighted by Gasteiger charge is 2.36. The van der Waals surface area contributed by atoms with Crippen LogP contribution in [-0.2, 0) is 4.74 Å². The molecule has 7 nitrogen and oxygen atoms in total. The minimum atomic E-state index is -4.93. The lowest BCUT2D eigenvalue weighted by atomic mass is 10.2. The summed E-state index contributed by atoms with van der Waals surface area (Å²) in [6.07, 6.45) is -5.36. The zero-order chi connectivity index (χ0) is 22.4. The number of benzene rings is 1. The van der Waals surface area contributed by atoms with Crippen molar-refractivity contribution < 1.29 is 31.9 Å². The van der Waals surface area contributed by atoms with E-state index in [0.29, 0.717) is 24.1 Å². The molecule has 1 amide bonds. The van der Waals surface area contributed by atoms with E-state index in [1.165, 1.54) is 6.07 Å². The van der Waals surface area contributed by atoms with Gasteiger partial charge in [-0.15, -0.1) is 13.2 Å². The summed E-state index contributed by atoms with van der Waals surface area (Å²) in [5, 5.41) is -0.255. The van der Waals surface area contributed by atoms with Gasteiger partial charge in [0.2, 0.25) is 0 Å². The summed E-state index contributed by atoms with van der Waals surface area (Å²) in [6.45, 7) is 8.24. The van der Waals surface area contributed by atoms with Gasteiger partial charge in [-0.05, 0) is 49.7 Å². The van der Waals surface area contributed by atoms with Gasteiger partial charge in [0.15, 0.2) is 16.8 Å². The molecule has 0 N–H and O–H groups in total. The molecule has 30 heavy (non-hydrogen) atoms. The van der Waals surface area contributed by atoms with Crippen molar-refractivity contribution in [2.24, 2.45) is 0 Å². The highest BCUT2D eigenvalue weighted by atomic mass is 79.9. The predicted molar refractivity (Wildman–Crippen MR) is 108 cm³/mol. The van der Waals surface area contributed by atoms with Crippen LogP contribution in [0.5, 0.6) is 5.75 Å². The van der Waals surface area contributed by atoms with Crippen LogP contribution in [0, 0.1) is 0 Å². The maximum Gasteiger partial charge on any atom is 0.573 e. The third-order valence-electron chi connectivity index (χ3n) is 4.26. The van der Waals surface area contributed by atoms with Crippen molar-refractivity contribution in [3.05, 3.63) is 15.6 Å². The van der Waals surface area contributed by atoms with Crippen molar-refractivity contribution in [3.8, 4) is 5.75 Å². The average molecular weight is 515 g/mol. The van der Waals surface area contributed by atoms with Gasteiger partial charge in [0.05, 0.1) is 9.50 Å². The molecule has 1 unspecified atom stereocenters. The third-order valence-corrected chi connectivity index (χ3v) is 5.13. The lowest BCUT2D eigenvalue weighted by Gasteiger charge is -2.39. The van der Waals surface area contributed by atoms with Crippen LogP contribution >= 0.6 is 27.5 Å². The number of anilines is 1. The van der Waals surface area contributed by atoms with E-state index in [1.54, 1.807) is 30.6 Å². The molecular weight excluding hydrogens is 495 g/mol. The van der Waals surface area contributed by atoms with E-state index in [4.69, 9.17) is 20.8 Å². The minimum absolute atomic E-state index is 0.0795. The molecule has 0 bridgehead atoms. The average Bonchev–Trinajstić information content (AvgIpc) is 3.02. The molecule has 1 saturated heterocycles. The second kappa shape index (κ2) is 7.99. The normalized spacial score (nSPS) is 18.1. The van der Waals surface area contributed by atoms with Gasteiger partial charge in [-0.3, -0.25) is 0 Å². The highest BCUT2D eigenvalue weighted by Crippen LogP contribution is 2.42. The number of amides is 1. The highest BCUT2D eigenvalue weighted by molar-refractivity contribution is 9.10. The van der Waals surface area contributed by atoms with Crippen molar-refractivity contribution in [1.82, 2.24) is 9.88 Å². The number of rotatable bonds is 2. The van der Waals surface area contributed by atoms with Crippen molar-refractivity contribution >= 4 is 50.7 Å². The summed E-state index contributed by atoms with van der Waals surface area (Å²) in [5.74, 6) is -0.627. The van der Waals surface area contributed by atoms with Crippen LogP contribution in [0.4, 0.5) is 24.0 Å². The van der Waals surface area contributed by atoms with Crippen molar-refractivity contribution in [1.29, 1.82) is 0 Å². The Labute approximate surface area is 184 Å². The van der Waals surface area contributed by atoms with Crippen LogP contribution in [0.1, 0.15) is 27.7 Å². The topological polar surface area (TPSA) is 68.0 Å². The number of nitrogens with zero attached hydrogens (tertiary/aromatic N) is 3. The zero-order valence-corrected chi connectivity index (χ0v) is 19.0. The summed E-state index contributed by atoms with van der Waals surface area (Å²) in [7, 11) is 0. The number of alkyl halides is 3. The van der Waals surface area contributed by atoms with E-state index in [2.05, 4.69) is 25.7 Å². The van der Waals surface area contributed by atoms with Gasteiger partial charge in [0.25, 0.3) is 6.01 Å². The molecule has 0 aliphatic carbocycles. The Hall–Kier alpha value is -1.88. The zero-order valence-electron chi connectivity index (χ0n) is 16.6. The second-order valence-electron chi connectivity index (χ2n) is 7.86. The van der Waals surface area contributed by atoms with Crippen LogP contribution < -0.4 is 9.64 Å². The summed E-state index contributed by atoms with van der Waals surface area (Å²) in [6, 6.07) is 1.13. The largest absolute Gasteiger partial charge is 0.573 e. The molecule has 0 saturated carbocycles. The molecule has 0 radical (unpaired) electrons. The van der Waals surface area contributed by atoms with Gasteiger partial charge >= 0.3 is 12.5 Å². The summed E-state index contributed by atoms with van der Waals surface area (Å²) in [5.41, 5.74) is -0.686. The maximum atomic E-state index is 12.8. The Morgan fingerprint density at radius 3 is 2.57 bits per heavy atom. The molecule has 0 spiro atoms. The van der Waals surface area contributed by atoms with Crippen LogP contribution in [-0.4, -0.2) is 53.6 Å². The van der Waals surface area contributed by atoms with Crippen molar-refractivity contribution in [2.75, 3.05) is 24.5 Å². The molecular formula is C18H20BrClF3N3O4. The fourth-order valence-electron chi connectivity index (χ4n) is 3.05. The molecule has 12 heteroatoms. The van der Waals surface area contributed by atoms with E-state index in [9.17, 15) is 18.0 Å². The summed E-state index contributed by atoms with van der Waals surface area (Å²) in [4.78, 5) is 19.9. The lowest BCUT2D eigenvalue weighted by Crippen LogP contribution is -2.55. The number of oxazole rings is 1. The number of carbonyl (C=O) groups is 1. The van der Waals surface area contributed by atoms with Crippen LogP contribution in [0.25, 0.3) is 11.1 Å². The number of hydrogen-bond acceptors (Lipinski definition) is 6. The number of halogens is 5. The minimum Gasteiger partial charge on any atom is -0.444 e. The van der Waals surface area contributed by atoms with Gasteiger partial charge in [-0.25, -0.2) is 4.79 Å². The van der Waals surface area contributed by atoms with Gasteiger partial charge < -0.3 is 23.7 Å². The van der Waals surface area contributed by atoms with E-state index in [0.717, 1.165) is 0 Å². The van der Waals surface area contributed by atoms with Gasteiger partial charge in [-0.1, -0.05) is 11.6 Å². The molecule has 2 aromatic rings. The second-order valence-corrected chi connectivity index (χ2v) is 9.12. The molecule has 1 atom stereocenters. The van der Waals surface area contributed by atoms with E-state index < -0.39 is 23.8 Å². The Balaban J connectivity index is 1.85. The number of piperazine rings is 1. The Morgan fingerprint density at radius 2 is 2.00 bits per heavy atom. The number of fused-ring (bicyclic) bond motifs is 1. The van der Waals surface area contributed by atoms with Crippen LogP contribution in [0.15, 0.2) is 15.0 Å². The van der Waals surface area contributed by atoms with E-state index >= 15 is 0 Å². The Morgan fingerprint density at radius 1 is 1.33 bits per heavy atom. The van der Waals surface area contributed by atoms with Gasteiger partial charge in [0, 0.05) is 25.7 Å². The van der Waals surface area contributed by atoms with Crippen LogP contribution in [0.3, 0.4) is 0 Å². The molecule has 2 heterocycles. The quantitative estimate of drug-likeness (QED) is 0.521. The molecule has 1 aliphatic heterocycles. The maximum absolute atomic E-state index is 12.8. The van der Waals surface area contributed by atoms with Gasteiger partial charge in [-0.2, -0.15) is 4.98 Å². The van der Waals surface area contributed by atoms with Crippen molar-refractivity contribution in [3.63, 3.8) is 0 Å². The first-order valence-electron chi connectivity index (χ1n) is 9.04. The first-order chi connectivity index (χ1) is 13.7. The van der Waals surface area contributed by atoms with E-state index in [-0.39, 0.29) is 28.2 Å². The van der Waals surface area contributed by atoms with E-state index in [1.807, 2.05) is 6.92 Å². The first kappa shape index (κ1) is 22.8.